The van der Waals surface area contributed by atoms with Crippen molar-refractivity contribution in [3.05, 3.63) is 449 Å². The largest absolute Gasteiger partial charge is 0.456 e. The summed E-state index contributed by atoms with van der Waals surface area (Å²) in [5, 5.41) is 18.4. The molecule has 0 radical (unpaired) electrons. The summed E-state index contributed by atoms with van der Waals surface area (Å²) in [5.41, 5.74) is 27.9. The number of rotatable bonds is 10. The molecular weight excluding hydrogens is 1800 g/mol. The van der Waals surface area contributed by atoms with Crippen molar-refractivity contribution in [2.75, 3.05) is 0 Å². The van der Waals surface area contributed by atoms with Crippen molar-refractivity contribution >= 4 is 236 Å². The van der Waals surface area contributed by atoms with Gasteiger partial charge in [0.25, 0.3) is 0 Å². The molecule has 0 aliphatic carbocycles. The first kappa shape index (κ1) is 80.6. The van der Waals surface area contributed by atoms with Gasteiger partial charge in [0.2, 0.25) is 0 Å². The summed E-state index contributed by atoms with van der Waals surface area (Å²) in [6.07, 6.45) is 0. The molecule has 0 bridgehead atoms. The number of benzene rings is 19. The third-order valence-corrected chi connectivity index (χ3v) is 32.4. The van der Waals surface area contributed by atoms with Crippen molar-refractivity contribution in [1.82, 2.24) is 48.2 Å². The highest BCUT2D eigenvalue weighted by Gasteiger charge is 2.27. The molecule has 0 unspecified atom stereocenters. The van der Waals surface area contributed by atoms with Gasteiger partial charge in [-0.2, -0.15) is 0 Å². The molecule has 658 valence electrons. The van der Waals surface area contributed by atoms with Crippen LogP contribution in [0, 0.1) is 0 Å². The fraction of sp³-hybridized carbons (Fsp3) is 0. The summed E-state index contributed by atoms with van der Waals surface area (Å²) >= 11 is 7.15. The van der Waals surface area contributed by atoms with Crippen molar-refractivity contribution in [1.29, 1.82) is 0 Å². The monoisotopic (exact) mass is 1870 g/mol. The van der Waals surface area contributed by atoms with E-state index in [1.807, 2.05) is 78.1 Å². The van der Waals surface area contributed by atoms with Crippen LogP contribution in [0.4, 0.5) is 0 Å². The van der Waals surface area contributed by atoms with E-state index in [0.29, 0.717) is 0 Å². The Morgan fingerprint density at radius 1 is 0.163 bits per heavy atom. The molecule has 15 heteroatoms. The number of fused-ring (bicyclic) bond motifs is 27. The van der Waals surface area contributed by atoms with E-state index >= 15 is 0 Å². The van der Waals surface area contributed by atoms with Gasteiger partial charge in [0, 0.05) is 166 Å². The van der Waals surface area contributed by atoms with Crippen LogP contribution in [0.5, 0.6) is 0 Å². The minimum atomic E-state index is 0.739. The zero-order chi connectivity index (χ0) is 92.4. The van der Waals surface area contributed by atoms with E-state index < -0.39 is 0 Å². The standard InChI is InChI=1S/C46H28N4S.C40H23N3OS.C40H23N3S2/c1-3-13-30(14-4-1)46-47-43(45-44(48-46)35-19-9-12-22-42(35)51-45)29-23-25-32(26-24-29)50-39-21-11-8-18-34(39)37-27-36-33-17-7-10-20-38(33)49(40(36)28-41(37)50)31-15-5-2-6-16-31;1-2-10-25(11-3-1)40-41-37(39-38(42-40)29-14-6-9-17-36(29)45-39)24-18-20-26(21-19-24)43-32-15-7-4-12-27(32)30-22-31-28-13-5-8-16-34(28)44-35(31)23-33(30)43;1-2-10-25(11-3-1)40-41-37(39-38(42-40)29-14-6-9-17-35(29)45-39)24-18-20-26(21-19-24)43-32-15-7-4-12-27(32)30-22-31-28-13-5-8-16-34(28)44-36(31)23-33(30)43/h1-28H;2*1-23H. The lowest BCUT2D eigenvalue weighted by molar-refractivity contribution is 0.669. The van der Waals surface area contributed by atoms with E-state index in [0.717, 1.165) is 160 Å². The predicted octanol–water partition coefficient (Wildman–Crippen LogP) is 35.2. The van der Waals surface area contributed by atoms with Gasteiger partial charge in [-0.05, 0) is 133 Å². The number of furan rings is 1. The summed E-state index contributed by atoms with van der Waals surface area (Å²) in [4.78, 5) is 30.8. The number of nitrogens with zero attached hydrogens (tertiary/aromatic N) is 10. The highest BCUT2D eigenvalue weighted by molar-refractivity contribution is 7.27. The number of aromatic nitrogens is 10. The first-order valence-corrected chi connectivity index (χ1v) is 50.4. The molecule has 0 saturated carbocycles. The quantitative estimate of drug-likeness (QED) is 0.134. The number of para-hydroxylation sites is 6. The lowest BCUT2D eigenvalue weighted by Gasteiger charge is -2.11. The highest BCUT2D eigenvalue weighted by Crippen LogP contribution is 2.49. The number of hydrogen-bond acceptors (Lipinski definition) is 11. The number of thiophene rings is 4. The van der Waals surface area contributed by atoms with E-state index in [-0.39, 0.29) is 0 Å². The van der Waals surface area contributed by atoms with Crippen LogP contribution in [0.1, 0.15) is 0 Å². The molecule has 31 rings (SSSR count). The third kappa shape index (κ3) is 13.1. The van der Waals surface area contributed by atoms with Gasteiger partial charge < -0.3 is 22.7 Å². The van der Waals surface area contributed by atoms with Crippen LogP contribution in [-0.4, -0.2) is 48.2 Å². The van der Waals surface area contributed by atoms with E-state index in [1.54, 1.807) is 34.0 Å². The summed E-state index contributed by atoms with van der Waals surface area (Å²) in [5.74, 6) is 2.23. The molecule has 0 N–H and O–H groups in total. The average Bonchev–Trinajstić information content (AvgIpc) is 1.49. The molecule has 31 aromatic rings. The Kier molecular flexibility index (Phi) is 18.6. The highest BCUT2D eigenvalue weighted by atomic mass is 32.1. The van der Waals surface area contributed by atoms with Crippen LogP contribution >= 0.6 is 45.3 Å². The summed E-state index contributed by atoms with van der Waals surface area (Å²) < 4.78 is 25.5. The molecule has 19 aromatic carbocycles. The molecule has 0 amide bonds. The second-order valence-corrected chi connectivity index (χ2v) is 40.1. The Morgan fingerprint density at radius 2 is 0.447 bits per heavy atom. The summed E-state index contributed by atoms with van der Waals surface area (Å²) in [6, 6.07) is 159. The lowest BCUT2D eigenvalue weighted by Crippen LogP contribution is -1.96. The molecule has 12 heterocycles. The second kappa shape index (κ2) is 32.5. The summed E-state index contributed by atoms with van der Waals surface area (Å²) in [7, 11) is 0. The first-order chi connectivity index (χ1) is 69.9. The van der Waals surface area contributed by atoms with Gasteiger partial charge in [0.05, 0.1) is 91.9 Å². The van der Waals surface area contributed by atoms with Crippen molar-refractivity contribution in [2.24, 2.45) is 0 Å². The molecule has 0 aliphatic heterocycles. The van der Waals surface area contributed by atoms with Crippen molar-refractivity contribution in [2.45, 2.75) is 0 Å². The van der Waals surface area contributed by atoms with E-state index in [2.05, 4.69) is 400 Å². The predicted molar refractivity (Wildman–Crippen MR) is 595 cm³/mol. The molecular formula is C126H74N10OS4. The molecule has 0 aliphatic rings. The minimum absolute atomic E-state index is 0.739. The Bertz CT molecular complexity index is 10100. The third-order valence-electron chi connectivity index (χ3n) is 27.8. The minimum Gasteiger partial charge on any atom is -0.456 e. The Balaban J connectivity index is 0.000000102. The van der Waals surface area contributed by atoms with E-state index in [1.165, 1.54) is 121 Å². The van der Waals surface area contributed by atoms with Gasteiger partial charge in [-0.15, -0.1) is 45.3 Å². The van der Waals surface area contributed by atoms with Crippen LogP contribution in [0.25, 0.3) is 281 Å². The SMILES string of the molecule is c1ccc(-c2nc(-c3ccc(-n4c5ccccc5c5cc6c(cc54)oc4ccccc46)cc3)c3sc4ccccc4c3n2)cc1.c1ccc(-c2nc(-c3ccc(-n4c5ccccc5c5cc6c(cc54)sc4ccccc46)cc3)c3sc4ccccc4c3n2)cc1.c1ccc(-c2nc(-c3ccc(-n4c5ccccc5c5cc6c7ccccc7n(-c7ccccc7)c6cc54)cc3)c3sc4ccccc4c3n2)cc1. The topological polar surface area (TPSA) is 110 Å². The molecule has 11 nitrogen and oxygen atoms in total. The first-order valence-electron chi connectivity index (χ1n) is 47.2. The normalized spacial score (nSPS) is 12.0. The van der Waals surface area contributed by atoms with Crippen molar-refractivity contribution in [3.8, 4) is 90.7 Å². The van der Waals surface area contributed by atoms with E-state index in [4.69, 9.17) is 34.3 Å². The van der Waals surface area contributed by atoms with Crippen LogP contribution in [0.2, 0.25) is 0 Å². The van der Waals surface area contributed by atoms with Gasteiger partial charge in [-0.25, -0.2) is 29.9 Å². The van der Waals surface area contributed by atoms with Gasteiger partial charge in [-0.1, -0.05) is 309 Å². The second-order valence-electron chi connectivity index (χ2n) is 35.8. The molecule has 0 spiro atoms. The lowest BCUT2D eigenvalue weighted by atomic mass is 10.1. The molecule has 141 heavy (non-hydrogen) atoms. The van der Waals surface area contributed by atoms with Crippen molar-refractivity contribution < 1.29 is 4.42 Å². The molecule has 0 fully saturated rings. The fourth-order valence-corrected chi connectivity index (χ4v) is 25.9. The van der Waals surface area contributed by atoms with Crippen LogP contribution in [0.3, 0.4) is 0 Å². The smallest absolute Gasteiger partial charge is 0.160 e. The maximum Gasteiger partial charge on any atom is 0.160 e. The Morgan fingerprint density at radius 3 is 0.830 bits per heavy atom. The van der Waals surface area contributed by atoms with Gasteiger partial charge in [0.15, 0.2) is 17.5 Å². The van der Waals surface area contributed by atoms with Crippen LogP contribution in [-0.2, 0) is 0 Å². The Labute approximate surface area is 821 Å². The Hall–Kier alpha value is -17.7. The van der Waals surface area contributed by atoms with E-state index in [9.17, 15) is 0 Å². The van der Waals surface area contributed by atoms with Crippen LogP contribution < -0.4 is 0 Å². The zero-order valence-corrected chi connectivity index (χ0v) is 78.5. The fourth-order valence-electron chi connectivity index (χ4n) is 21.3. The van der Waals surface area contributed by atoms with Gasteiger partial charge in [0.1, 0.15) is 11.2 Å². The van der Waals surface area contributed by atoms with Crippen molar-refractivity contribution in [3.63, 3.8) is 0 Å². The van der Waals surface area contributed by atoms with Gasteiger partial charge >= 0.3 is 0 Å². The zero-order valence-electron chi connectivity index (χ0n) is 75.2. The maximum atomic E-state index is 6.31. The maximum absolute atomic E-state index is 6.31. The van der Waals surface area contributed by atoms with Gasteiger partial charge in [-0.3, -0.25) is 0 Å². The molecule has 0 saturated heterocycles. The summed E-state index contributed by atoms with van der Waals surface area (Å²) in [6.45, 7) is 0. The molecule has 0 atom stereocenters. The number of hydrogen-bond donors (Lipinski definition) is 0. The van der Waals surface area contributed by atoms with Crippen LogP contribution in [0.15, 0.2) is 453 Å². The average molecular weight is 1870 g/mol. The molecule has 12 aromatic heterocycles.